The molecular formula is C16H20N2O3. The zero-order chi connectivity index (χ0) is 15.0. The largest absolute Gasteiger partial charge is 0.478 e. The number of nitrogens with zero attached hydrogens (tertiary/aromatic N) is 2. The van der Waals surface area contributed by atoms with Crippen molar-refractivity contribution in [1.29, 1.82) is 0 Å². The molecule has 5 nitrogen and oxygen atoms in total. The highest BCUT2D eigenvalue weighted by atomic mass is 16.4. The summed E-state index contributed by atoms with van der Waals surface area (Å²) in [6.07, 6.45) is 4.31. The number of aromatic carboxylic acids is 1. The van der Waals surface area contributed by atoms with Gasteiger partial charge in [0.1, 0.15) is 11.3 Å². The van der Waals surface area contributed by atoms with Crippen LogP contribution in [-0.4, -0.2) is 32.3 Å². The minimum absolute atomic E-state index is 0.169. The molecule has 0 amide bonds. The SMILES string of the molecule is Cc1nc2c(C(=O)O)cccc2n1C1CCCCC1CO. The number of carboxylic acid groups (broad SMARTS) is 1. The van der Waals surface area contributed by atoms with Gasteiger partial charge in [-0.2, -0.15) is 0 Å². The molecule has 0 bridgehead atoms. The lowest BCUT2D eigenvalue weighted by Gasteiger charge is -2.32. The third kappa shape index (κ3) is 2.31. The summed E-state index contributed by atoms with van der Waals surface area (Å²) in [6, 6.07) is 5.48. The van der Waals surface area contributed by atoms with Crippen molar-refractivity contribution < 1.29 is 15.0 Å². The number of fused-ring (bicyclic) bond motifs is 1. The standard InChI is InChI=1S/C16H20N2O3/c1-10-17-15-12(16(20)21)6-4-8-14(15)18(10)13-7-3-2-5-11(13)9-19/h4,6,8,11,13,19H,2-3,5,7,9H2,1H3,(H,20,21). The first kappa shape index (κ1) is 14.1. The Labute approximate surface area is 123 Å². The molecule has 0 aliphatic heterocycles. The molecule has 2 atom stereocenters. The van der Waals surface area contributed by atoms with Crippen LogP contribution in [0.25, 0.3) is 11.0 Å². The first-order valence-corrected chi connectivity index (χ1v) is 7.45. The number of rotatable bonds is 3. The van der Waals surface area contributed by atoms with E-state index in [2.05, 4.69) is 9.55 Å². The van der Waals surface area contributed by atoms with Crippen molar-refractivity contribution in [3.8, 4) is 0 Å². The Morgan fingerprint density at radius 1 is 1.38 bits per heavy atom. The van der Waals surface area contributed by atoms with Gasteiger partial charge in [-0.3, -0.25) is 0 Å². The van der Waals surface area contributed by atoms with Gasteiger partial charge in [0, 0.05) is 18.6 Å². The van der Waals surface area contributed by atoms with Gasteiger partial charge in [-0.25, -0.2) is 9.78 Å². The number of hydrogen-bond acceptors (Lipinski definition) is 3. The maximum atomic E-state index is 11.3. The van der Waals surface area contributed by atoms with Crippen LogP contribution in [0.2, 0.25) is 0 Å². The summed E-state index contributed by atoms with van der Waals surface area (Å²) in [5.41, 5.74) is 1.65. The number of carboxylic acids is 1. The predicted molar refractivity (Wildman–Crippen MR) is 79.5 cm³/mol. The molecule has 0 saturated heterocycles. The van der Waals surface area contributed by atoms with E-state index in [4.69, 9.17) is 0 Å². The van der Waals surface area contributed by atoms with Crippen LogP contribution >= 0.6 is 0 Å². The summed E-state index contributed by atoms with van der Waals surface area (Å²) in [5.74, 6) is 0.0972. The molecule has 1 aliphatic carbocycles. The zero-order valence-electron chi connectivity index (χ0n) is 12.1. The second-order valence-electron chi connectivity index (χ2n) is 5.80. The number of aliphatic hydroxyl groups excluding tert-OH is 1. The molecule has 1 fully saturated rings. The van der Waals surface area contributed by atoms with Crippen LogP contribution in [0.5, 0.6) is 0 Å². The van der Waals surface area contributed by atoms with Crippen LogP contribution in [0.3, 0.4) is 0 Å². The monoisotopic (exact) mass is 288 g/mol. The summed E-state index contributed by atoms with van der Waals surface area (Å²) < 4.78 is 2.13. The van der Waals surface area contributed by atoms with Gasteiger partial charge in [0.05, 0.1) is 11.1 Å². The third-order valence-corrected chi connectivity index (χ3v) is 4.56. The molecule has 1 aliphatic rings. The van der Waals surface area contributed by atoms with E-state index in [0.29, 0.717) is 5.52 Å². The fraction of sp³-hybridized carbons (Fsp3) is 0.500. The van der Waals surface area contributed by atoms with Crippen molar-refractivity contribution in [2.24, 2.45) is 5.92 Å². The minimum atomic E-state index is -0.951. The van der Waals surface area contributed by atoms with Crippen molar-refractivity contribution in [2.45, 2.75) is 38.6 Å². The number of aromatic nitrogens is 2. The lowest BCUT2D eigenvalue weighted by molar-refractivity contribution is 0.0699. The van der Waals surface area contributed by atoms with E-state index < -0.39 is 5.97 Å². The summed E-state index contributed by atoms with van der Waals surface area (Å²) in [4.78, 5) is 15.8. The van der Waals surface area contributed by atoms with E-state index >= 15 is 0 Å². The number of para-hydroxylation sites is 1. The van der Waals surface area contributed by atoms with E-state index in [1.807, 2.05) is 13.0 Å². The highest BCUT2D eigenvalue weighted by Gasteiger charge is 2.29. The lowest BCUT2D eigenvalue weighted by atomic mass is 9.84. The molecule has 1 saturated carbocycles. The van der Waals surface area contributed by atoms with E-state index in [1.165, 1.54) is 0 Å². The van der Waals surface area contributed by atoms with Crippen molar-refractivity contribution in [3.05, 3.63) is 29.6 Å². The molecular weight excluding hydrogens is 268 g/mol. The molecule has 2 aromatic rings. The molecule has 1 heterocycles. The van der Waals surface area contributed by atoms with Crippen molar-refractivity contribution in [2.75, 3.05) is 6.61 Å². The van der Waals surface area contributed by atoms with Crippen LogP contribution in [0, 0.1) is 12.8 Å². The lowest BCUT2D eigenvalue weighted by Crippen LogP contribution is -2.26. The zero-order valence-corrected chi connectivity index (χ0v) is 12.1. The first-order valence-electron chi connectivity index (χ1n) is 7.45. The third-order valence-electron chi connectivity index (χ3n) is 4.56. The maximum Gasteiger partial charge on any atom is 0.337 e. The van der Waals surface area contributed by atoms with Gasteiger partial charge in [0.25, 0.3) is 0 Å². The van der Waals surface area contributed by atoms with Crippen LogP contribution in [0.1, 0.15) is 47.9 Å². The van der Waals surface area contributed by atoms with Crippen LogP contribution in [-0.2, 0) is 0 Å². The number of aryl methyl sites for hydroxylation is 1. The number of carbonyl (C=O) groups is 1. The summed E-state index contributed by atoms with van der Waals surface area (Å²) in [7, 11) is 0. The number of imidazole rings is 1. The Bertz CT molecular complexity index is 677. The highest BCUT2D eigenvalue weighted by molar-refractivity contribution is 6.01. The summed E-state index contributed by atoms with van der Waals surface area (Å²) in [5, 5.41) is 18.9. The second kappa shape index (κ2) is 5.48. The quantitative estimate of drug-likeness (QED) is 0.910. The van der Waals surface area contributed by atoms with Gasteiger partial charge in [0.15, 0.2) is 0 Å². The van der Waals surface area contributed by atoms with E-state index in [-0.39, 0.29) is 24.1 Å². The number of hydrogen-bond donors (Lipinski definition) is 2. The van der Waals surface area contributed by atoms with Crippen molar-refractivity contribution >= 4 is 17.0 Å². The molecule has 3 rings (SSSR count). The van der Waals surface area contributed by atoms with Crippen LogP contribution in [0.4, 0.5) is 0 Å². The van der Waals surface area contributed by atoms with E-state index in [1.54, 1.807) is 12.1 Å². The molecule has 21 heavy (non-hydrogen) atoms. The molecule has 5 heteroatoms. The molecule has 2 unspecified atom stereocenters. The molecule has 1 aromatic heterocycles. The fourth-order valence-corrected chi connectivity index (χ4v) is 3.57. The van der Waals surface area contributed by atoms with Gasteiger partial charge in [0.2, 0.25) is 0 Å². The Balaban J connectivity index is 2.16. The van der Waals surface area contributed by atoms with Crippen LogP contribution in [0.15, 0.2) is 18.2 Å². The van der Waals surface area contributed by atoms with Crippen LogP contribution < -0.4 is 0 Å². The highest BCUT2D eigenvalue weighted by Crippen LogP contribution is 2.37. The van der Waals surface area contributed by atoms with Crippen molar-refractivity contribution in [3.63, 3.8) is 0 Å². The van der Waals surface area contributed by atoms with Crippen molar-refractivity contribution in [1.82, 2.24) is 9.55 Å². The Kier molecular flexibility index (Phi) is 3.68. The Hall–Kier alpha value is -1.88. The second-order valence-corrected chi connectivity index (χ2v) is 5.80. The maximum absolute atomic E-state index is 11.3. The Morgan fingerprint density at radius 2 is 2.14 bits per heavy atom. The number of aliphatic hydroxyl groups is 1. The van der Waals surface area contributed by atoms with Gasteiger partial charge in [-0.15, -0.1) is 0 Å². The predicted octanol–water partition coefficient (Wildman–Crippen LogP) is 2.77. The fourth-order valence-electron chi connectivity index (χ4n) is 3.57. The van der Waals surface area contributed by atoms with E-state index in [9.17, 15) is 15.0 Å². The topological polar surface area (TPSA) is 75.3 Å². The minimum Gasteiger partial charge on any atom is -0.478 e. The van der Waals surface area contributed by atoms with Gasteiger partial charge in [-0.1, -0.05) is 18.9 Å². The van der Waals surface area contributed by atoms with Gasteiger partial charge < -0.3 is 14.8 Å². The summed E-state index contributed by atoms with van der Waals surface area (Å²) >= 11 is 0. The van der Waals surface area contributed by atoms with Gasteiger partial charge in [-0.05, 0) is 31.9 Å². The van der Waals surface area contributed by atoms with Gasteiger partial charge >= 0.3 is 5.97 Å². The molecule has 0 spiro atoms. The average Bonchev–Trinajstić information content (AvgIpc) is 2.82. The Morgan fingerprint density at radius 3 is 2.86 bits per heavy atom. The molecule has 2 N–H and O–H groups in total. The molecule has 0 radical (unpaired) electrons. The van der Waals surface area contributed by atoms with E-state index in [0.717, 1.165) is 37.0 Å². The molecule has 112 valence electrons. The first-order chi connectivity index (χ1) is 10.1. The molecule has 1 aromatic carbocycles. The number of benzene rings is 1. The average molecular weight is 288 g/mol. The summed E-state index contributed by atoms with van der Waals surface area (Å²) in [6.45, 7) is 2.08. The normalized spacial score (nSPS) is 22.6. The smallest absolute Gasteiger partial charge is 0.337 e.